The van der Waals surface area contributed by atoms with Crippen LogP contribution in [0.5, 0.6) is 0 Å². The second kappa shape index (κ2) is 8.31. The first-order valence-electron chi connectivity index (χ1n) is 9.50. The van der Waals surface area contributed by atoms with Gasteiger partial charge in [-0.15, -0.1) is 10.2 Å². The molecule has 27 heavy (non-hydrogen) atoms. The molecule has 3 heterocycles. The number of hydrogen-bond acceptors (Lipinski definition) is 6. The van der Waals surface area contributed by atoms with E-state index in [-0.39, 0.29) is 0 Å². The number of nitrogens with zero attached hydrogens (tertiary/aromatic N) is 4. The summed E-state index contributed by atoms with van der Waals surface area (Å²) in [6.07, 6.45) is 1.85. The number of aromatic nitrogens is 3. The summed E-state index contributed by atoms with van der Waals surface area (Å²) in [5, 5.41) is 11.9. The summed E-state index contributed by atoms with van der Waals surface area (Å²) in [7, 11) is 0. The van der Waals surface area contributed by atoms with Gasteiger partial charge in [-0.2, -0.15) is 0 Å². The molecule has 0 radical (unpaired) electrons. The molecule has 1 N–H and O–H groups in total. The fraction of sp³-hybridized carbons (Fsp3) is 0.381. The minimum Gasteiger partial charge on any atom is -0.424 e. The normalized spacial score (nSPS) is 17.3. The maximum Gasteiger partial charge on any atom is 0.230 e. The number of aryl methyl sites for hydroxylation is 1. The summed E-state index contributed by atoms with van der Waals surface area (Å²) < 4.78 is 5.84. The van der Waals surface area contributed by atoms with Crippen molar-refractivity contribution in [3.05, 3.63) is 71.6 Å². The zero-order chi connectivity index (χ0) is 18.5. The lowest BCUT2D eigenvalue weighted by molar-refractivity contribution is 0.278. The molecule has 3 aromatic rings. The first kappa shape index (κ1) is 17.7. The fourth-order valence-corrected chi connectivity index (χ4v) is 3.50. The Labute approximate surface area is 159 Å². The van der Waals surface area contributed by atoms with Crippen molar-refractivity contribution in [3.63, 3.8) is 0 Å². The molecular weight excluding hydrogens is 338 g/mol. The molecule has 1 aliphatic rings. The van der Waals surface area contributed by atoms with E-state index in [2.05, 4.69) is 37.5 Å². The first-order chi connectivity index (χ1) is 13.2. The molecule has 4 rings (SSSR count). The van der Waals surface area contributed by atoms with E-state index in [4.69, 9.17) is 4.42 Å². The smallest absolute Gasteiger partial charge is 0.230 e. The number of nitrogens with one attached hydrogen (secondary N) is 1. The molecule has 0 bridgehead atoms. The van der Waals surface area contributed by atoms with Crippen LogP contribution >= 0.6 is 0 Å². The van der Waals surface area contributed by atoms with Gasteiger partial charge < -0.3 is 9.73 Å². The lowest BCUT2D eigenvalue weighted by atomic mass is 10.1. The van der Waals surface area contributed by atoms with Gasteiger partial charge in [0.05, 0.1) is 13.0 Å². The Morgan fingerprint density at radius 1 is 1.07 bits per heavy atom. The van der Waals surface area contributed by atoms with Crippen molar-refractivity contribution in [2.75, 3.05) is 25.0 Å². The van der Waals surface area contributed by atoms with Gasteiger partial charge in [0.2, 0.25) is 11.8 Å². The fourth-order valence-electron chi connectivity index (χ4n) is 3.50. The molecule has 140 valence electrons. The molecule has 1 aromatic carbocycles. The van der Waals surface area contributed by atoms with Crippen LogP contribution in [0.1, 0.15) is 29.5 Å². The summed E-state index contributed by atoms with van der Waals surface area (Å²) in [5.74, 6) is 2.95. The summed E-state index contributed by atoms with van der Waals surface area (Å²) >= 11 is 0. The van der Waals surface area contributed by atoms with Gasteiger partial charge in [0.25, 0.3) is 0 Å². The Bertz CT molecular complexity index is 864. The topological polar surface area (TPSA) is 67.1 Å². The van der Waals surface area contributed by atoms with Crippen LogP contribution in [0.15, 0.2) is 52.9 Å². The Morgan fingerprint density at radius 2 is 1.93 bits per heavy atom. The number of hydrogen-bond donors (Lipinski definition) is 1. The molecular formula is C21H25N5O. The van der Waals surface area contributed by atoms with E-state index in [9.17, 15) is 0 Å². The molecule has 0 amide bonds. The highest BCUT2D eigenvalue weighted by Gasteiger charge is 2.24. The highest BCUT2D eigenvalue weighted by molar-refractivity contribution is 5.35. The van der Waals surface area contributed by atoms with Gasteiger partial charge in [-0.1, -0.05) is 36.4 Å². The second-order valence-corrected chi connectivity index (χ2v) is 7.19. The quantitative estimate of drug-likeness (QED) is 0.695. The number of likely N-dealkylation sites (tertiary alicyclic amines) is 1. The van der Waals surface area contributed by atoms with E-state index in [0.717, 1.165) is 37.7 Å². The van der Waals surface area contributed by atoms with Crippen LogP contribution in [0.3, 0.4) is 0 Å². The molecule has 6 heteroatoms. The van der Waals surface area contributed by atoms with Crippen molar-refractivity contribution in [3.8, 4) is 0 Å². The maximum absolute atomic E-state index is 5.84. The predicted molar refractivity (Wildman–Crippen MR) is 104 cm³/mol. The average molecular weight is 363 g/mol. The third kappa shape index (κ3) is 4.92. The van der Waals surface area contributed by atoms with Gasteiger partial charge in [-0.25, -0.2) is 4.98 Å². The number of anilines is 1. The number of benzene rings is 1. The second-order valence-electron chi connectivity index (χ2n) is 7.19. The molecule has 1 atom stereocenters. The van der Waals surface area contributed by atoms with E-state index in [1.165, 1.54) is 12.0 Å². The summed E-state index contributed by atoms with van der Waals surface area (Å²) in [6.45, 7) is 5.77. The van der Waals surface area contributed by atoms with Crippen molar-refractivity contribution in [1.29, 1.82) is 0 Å². The van der Waals surface area contributed by atoms with E-state index in [1.807, 2.05) is 43.3 Å². The maximum atomic E-state index is 5.84. The lowest BCUT2D eigenvalue weighted by Crippen LogP contribution is -2.23. The van der Waals surface area contributed by atoms with Gasteiger partial charge >= 0.3 is 0 Å². The zero-order valence-corrected chi connectivity index (χ0v) is 15.6. The minimum atomic E-state index is 0.610. The SMILES string of the molecule is Cc1cccc(NCC2CCN(Cc3nnc(Cc4ccccc4)o3)C2)n1. The van der Waals surface area contributed by atoms with Gasteiger partial charge in [0, 0.05) is 18.8 Å². The third-order valence-corrected chi connectivity index (χ3v) is 4.90. The predicted octanol–water partition coefficient (Wildman–Crippen LogP) is 3.30. The van der Waals surface area contributed by atoms with Crippen molar-refractivity contribution < 1.29 is 4.42 Å². The molecule has 0 spiro atoms. The highest BCUT2D eigenvalue weighted by Crippen LogP contribution is 2.19. The van der Waals surface area contributed by atoms with Crippen molar-refractivity contribution in [2.24, 2.45) is 5.92 Å². The van der Waals surface area contributed by atoms with Crippen LogP contribution < -0.4 is 5.32 Å². The largest absolute Gasteiger partial charge is 0.424 e. The molecule has 1 aliphatic heterocycles. The number of pyridine rings is 1. The highest BCUT2D eigenvalue weighted by atomic mass is 16.4. The summed E-state index contributed by atoms with van der Waals surface area (Å²) in [5.41, 5.74) is 2.22. The van der Waals surface area contributed by atoms with Crippen molar-refractivity contribution in [1.82, 2.24) is 20.1 Å². The van der Waals surface area contributed by atoms with Crippen LogP contribution in [0.2, 0.25) is 0 Å². The summed E-state index contributed by atoms with van der Waals surface area (Å²) in [6, 6.07) is 16.3. The Kier molecular flexibility index (Phi) is 5.44. The van der Waals surface area contributed by atoms with Crippen molar-refractivity contribution >= 4 is 5.82 Å². The Morgan fingerprint density at radius 3 is 2.78 bits per heavy atom. The molecule has 0 aliphatic carbocycles. The van der Waals surface area contributed by atoms with Gasteiger partial charge in [-0.05, 0) is 43.5 Å². The van der Waals surface area contributed by atoms with E-state index in [1.54, 1.807) is 0 Å². The molecule has 0 saturated carbocycles. The van der Waals surface area contributed by atoms with Crippen molar-refractivity contribution in [2.45, 2.75) is 26.3 Å². The molecule has 1 fully saturated rings. The van der Waals surface area contributed by atoms with E-state index in [0.29, 0.717) is 24.1 Å². The van der Waals surface area contributed by atoms with Crippen LogP contribution in [-0.2, 0) is 13.0 Å². The monoisotopic (exact) mass is 363 g/mol. The summed E-state index contributed by atoms with van der Waals surface area (Å²) in [4.78, 5) is 6.88. The van der Waals surface area contributed by atoms with E-state index < -0.39 is 0 Å². The van der Waals surface area contributed by atoms with Gasteiger partial charge in [0.15, 0.2) is 0 Å². The standard InChI is InChI=1S/C21H25N5O/c1-16-6-5-9-19(23-16)22-13-18-10-11-26(14-18)15-21-25-24-20(27-21)12-17-7-3-2-4-8-17/h2-9,18H,10-15H2,1H3,(H,22,23). The third-order valence-electron chi connectivity index (χ3n) is 4.90. The van der Waals surface area contributed by atoms with Crippen LogP contribution in [0.25, 0.3) is 0 Å². The van der Waals surface area contributed by atoms with E-state index >= 15 is 0 Å². The minimum absolute atomic E-state index is 0.610. The van der Waals surface area contributed by atoms with Crippen LogP contribution in [0, 0.1) is 12.8 Å². The molecule has 1 saturated heterocycles. The Balaban J connectivity index is 1.25. The lowest BCUT2D eigenvalue weighted by Gasteiger charge is -2.14. The van der Waals surface area contributed by atoms with Gasteiger partial charge in [-0.3, -0.25) is 4.90 Å². The van der Waals surface area contributed by atoms with Crippen LogP contribution in [0.4, 0.5) is 5.82 Å². The molecule has 1 unspecified atom stereocenters. The first-order valence-corrected chi connectivity index (χ1v) is 9.50. The van der Waals surface area contributed by atoms with Crippen LogP contribution in [-0.4, -0.2) is 39.7 Å². The average Bonchev–Trinajstić information content (AvgIpc) is 3.31. The Hall–Kier alpha value is -2.73. The molecule has 6 nitrogen and oxygen atoms in total. The van der Waals surface area contributed by atoms with Gasteiger partial charge in [0.1, 0.15) is 5.82 Å². The molecule has 2 aromatic heterocycles. The number of rotatable bonds is 7. The zero-order valence-electron chi connectivity index (χ0n) is 15.6.